The van der Waals surface area contributed by atoms with Crippen molar-refractivity contribution in [2.24, 2.45) is 0 Å². The molecule has 0 saturated carbocycles. The van der Waals surface area contributed by atoms with Crippen LogP contribution in [0.2, 0.25) is 0 Å². The van der Waals surface area contributed by atoms with Crippen LogP contribution >= 0.6 is 0 Å². The molecule has 2 unspecified atom stereocenters. The highest BCUT2D eigenvalue weighted by Gasteiger charge is 2.12. The number of esters is 2. The molecule has 0 heterocycles. The second kappa shape index (κ2) is 16.5. The van der Waals surface area contributed by atoms with Crippen molar-refractivity contribution < 1.29 is 19.1 Å². The van der Waals surface area contributed by atoms with Gasteiger partial charge in [-0.15, -0.1) is 0 Å². The Morgan fingerprint density at radius 1 is 0.714 bits per heavy atom. The van der Waals surface area contributed by atoms with Gasteiger partial charge in [-0.1, -0.05) is 27.7 Å². The Balaban J connectivity index is 4.17. The van der Waals surface area contributed by atoms with E-state index in [0.717, 1.165) is 50.9 Å². The molecule has 6 heteroatoms. The average molecular weight is 399 g/mol. The van der Waals surface area contributed by atoms with Crippen molar-refractivity contribution in [2.75, 3.05) is 39.4 Å². The normalized spacial score (nSPS) is 13.9. The zero-order chi connectivity index (χ0) is 21.4. The highest BCUT2D eigenvalue weighted by Crippen LogP contribution is 2.05. The second-order valence-electron chi connectivity index (χ2n) is 7.25. The van der Waals surface area contributed by atoms with E-state index in [-0.39, 0.29) is 0 Å². The Bertz CT molecular complexity index is 414. The Kier molecular flexibility index (Phi) is 15.7. The van der Waals surface area contributed by atoms with Crippen molar-refractivity contribution in [3.05, 3.63) is 12.2 Å². The van der Waals surface area contributed by atoms with Crippen molar-refractivity contribution in [3.8, 4) is 0 Å². The SMILES string of the molecule is CCCN(CCOC(=O)/C=C\C(=O)OCCN(CCC)C(C)CC)C(C)CC. The summed E-state index contributed by atoms with van der Waals surface area (Å²) >= 11 is 0. The Morgan fingerprint density at radius 3 is 1.36 bits per heavy atom. The van der Waals surface area contributed by atoms with Gasteiger partial charge in [0.1, 0.15) is 13.2 Å². The molecule has 0 saturated heterocycles. The van der Waals surface area contributed by atoms with E-state index in [2.05, 4.69) is 51.3 Å². The summed E-state index contributed by atoms with van der Waals surface area (Å²) in [4.78, 5) is 28.2. The van der Waals surface area contributed by atoms with Crippen LogP contribution in [-0.4, -0.2) is 73.2 Å². The van der Waals surface area contributed by atoms with Gasteiger partial charge in [0.2, 0.25) is 0 Å². The van der Waals surface area contributed by atoms with Crippen LogP contribution in [0.3, 0.4) is 0 Å². The van der Waals surface area contributed by atoms with Gasteiger partial charge in [0.15, 0.2) is 0 Å². The molecule has 164 valence electrons. The van der Waals surface area contributed by atoms with Gasteiger partial charge in [0, 0.05) is 37.3 Å². The predicted octanol–water partition coefficient (Wildman–Crippen LogP) is 3.65. The Hall–Kier alpha value is -1.40. The van der Waals surface area contributed by atoms with Gasteiger partial charge in [-0.05, 0) is 52.6 Å². The molecule has 0 rings (SSSR count). The molecular formula is C22H42N2O4. The third-order valence-electron chi connectivity index (χ3n) is 5.05. The quantitative estimate of drug-likeness (QED) is 0.292. The maximum absolute atomic E-state index is 11.8. The Morgan fingerprint density at radius 2 is 1.07 bits per heavy atom. The van der Waals surface area contributed by atoms with Crippen LogP contribution in [0, 0.1) is 0 Å². The molecule has 0 spiro atoms. The van der Waals surface area contributed by atoms with Crippen LogP contribution in [-0.2, 0) is 19.1 Å². The molecule has 0 amide bonds. The van der Waals surface area contributed by atoms with Crippen LogP contribution in [0.4, 0.5) is 0 Å². The first-order valence-electron chi connectivity index (χ1n) is 10.9. The molecule has 0 aromatic heterocycles. The highest BCUT2D eigenvalue weighted by molar-refractivity contribution is 5.91. The van der Waals surface area contributed by atoms with Crippen molar-refractivity contribution in [1.29, 1.82) is 0 Å². The van der Waals surface area contributed by atoms with Crippen molar-refractivity contribution in [1.82, 2.24) is 9.80 Å². The number of hydrogen-bond donors (Lipinski definition) is 0. The van der Waals surface area contributed by atoms with Gasteiger partial charge in [-0.3, -0.25) is 9.80 Å². The summed E-state index contributed by atoms with van der Waals surface area (Å²) in [6.45, 7) is 17.0. The van der Waals surface area contributed by atoms with Crippen LogP contribution in [0.15, 0.2) is 12.2 Å². The van der Waals surface area contributed by atoms with Gasteiger partial charge in [0.05, 0.1) is 0 Å². The minimum atomic E-state index is -0.509. The lowest BCUT2D eigenvalue weighted by Crippen LogP contribution is -2.36. The third-order valence-corrected chi connectivity index (χ3v) is 5.05. The molecular weight excluding hydrogens is 356 g/mol. The molecule has 0 aromatic carbocycles. The first kappa shape index (κ1) is 26.6. The Labute approximate surface area is 172 Å². The fourth-order valence-corrected chi connectivity index (χ4v) is 2.96. The monoisotopic (exact) mass is 398 g/mol. The molecule has 0 bridgehead atoms. The minimum absolute atomic E-state index is 0.323. The number of rotatable bonds is 16. The molecule has 0 aliphatic rings. The molecule has 0 aromatic rings. The number of carbonyl (C=O) groups excluding carboxylic acids is 2. The van der Waals surface area contributed by atoms with Gasteiger partial charge < -0.3 is 9.47 Å². The minimum Gasteiger partial charge on any atom is -0.461 e. The highest BCUT2D eigenvalue weighted by atomic mass is 16.5. The lowest BCUT2D eigenvalue weighted by molar-refractivity contribution is -0.141. The predicted molar refractivity (Wildman–Crippen MR) is 114 cm³/mol. The van der Waals surface area contributed by atoms with Crippen LogP contribution < -0.4 is 0 Å². The van der Waals surface area contributed by atoms with E-state index < -0.39 is 11.9 Å². The zero-order valence-corrected chi connectivity index (χ0v) is 18.9. The lowest BCUT2D eigenvalue weighted by atomic mass is 10.2. The molecule has 0 radical (unpaired) electrons. The fraction of sp³-hybridized carbons (Fsp3) is 0.818. The first-order valence-corrected chi connectivity index (χ1v) is 10.9. The topological polar surface area (TPSA) is 59.1 Å². The summed E-state index contributed by atoms with van der Waals surface area (Å²) in [5, 5.41) is 0. The third kappa shape index (κ3) is 12.1. The van der Waals surface area contributed by atoms with Crippen molar-refractivity contribution in [2.45, 2.75) is 79.3 Å². The first-order chi connectivity index (χ1) is 13.4. The van der Waals surface area contributed by atoms with E-state index in [0.29, 0.717) is 38.4 Å². The summed E-state index contributed by atoms with van der Waals surface area (Å²) in [7, 11) is 0. The number of ether oxygens (including phenoxy) is 2. The van der Waals surface area contributed by atoms with Crippen LogP contribution in [0.5, 0.6) is 0 Å². The largest absolute Gasteiger partial charge is 0.461 e. The average Bonchev–Trinajstić information content (AvgIpc) is 2.69. The summed E-state index contributed by atoms with van der Waals surface area (Å²) in [5.74, 6) is -1.02. The number of hydrogen-bond acceptors (Lipinski definition) is 6. The van der Waals surface area contributed by atoms with Crippen LogP contribution in [0.1, 0.15) is 67.2 Å². The van der Waals surface area contributed by atoms with E-state index >= 15 is 0 Å². The molecule has 0 aliphatic heterocycles. The molecule has 0 aliphatic carbocycles. The number of carbonyl (C=O) groups is 2. The van der Waals surface area contributed by atoms with E-state index in [4.69, 9.17) is 9.47 Å². The van der Waals surface area contributed by atoms with Crippen LogP contribution in [0.25, 0.3) is 0 Å². The molecule has 6 nitrogen and oxygen atoms in total. The molecule has 2 atom stereocenters. The van der Waals surface area contributed by atoms with Gasteiger partial charge in [0.25, 0.3) is 0 Å². The lowest BCUT2D eigenvalue weighted by Gasteiger charge is -2.27. The molecule has 28 heavy (non-hydrogen) atoms. The summed E-state index contributed by atoms with van der Waals surface area (Å²) in [6.07, 6.45) is 6.55. The second-order valence-corrected chi connectivity index (χ2v) is 7.25. The van der Waals surface area contributed by atoms with E-state index in [1.807, 2.05) is 0 Å². The standard InChI is InChI=1S/C22H42N2O4/c1-7-13-23(19(5)9-3)15-17-27-21(25)11-12-22(26)28-18-16-24(14-8-2)20(6)10-4/h11-12,19-20H,7-10,13-18H2,1-6H3/b12-11-. The van der Waals surface area contributed by atoms with E-state index in [9.17, 15) is 9.59 Å². The van der Waals surface area contributed by atoms with Gasteiger partial charge >= 0.3 is 11.9 Å². The van der Waals surface area contributed by atoms with E-state index in [1.54, 1.807) is 0 Å². The molecule has 0 fully saturated rings. The van der Waals surface area contributed by atoms with Gasteiger partial charge in [-0.2, -0.15) is 0 Å². The fourth-order valence-electron chi connectivity index (χ4n) is 2.96. The summed E-state index contributed by atoms with van der Waals surface area (Å²) < 4.78 is 10.4. The van der Waals surface area contributed by atoms with Crippen molar-refractivity contribution in [3.63, 3.8) is 0 Å². The van der Waals surface area contributed by atoms with Gasteiger partial charge in [-0.25, -0.2) is 9.59 Å². The molecule has 0 N–H and O–H groups in total. The smallest absolute Gasteiger partial charge is 0.331 e. The van der Waals surface area contributed by atoms with Crippen molar-refractivity contribution >= 4 is 11.9 Å². The maximum atomic E-state index is 11.8. The van der Waals surface area contributed by atoms with E-state index in [1.165, 1.54) is 0 Å². The summed E-state index contributed by atoms with van der Waals surface area (Å²) in [6, 6.07) is 0.929. The summed E-state index contributed by atoms with van der Waals surface area (Å²) in [5.41, 5.74) is 0. The zero-order valence-electron chi connectivity index (χ0n) is 18.9. The maximum Gasteiger partial charge on any atom is 0.331 e. The number of nitrogens with zero attached hydrogens (tertiary/aromatic N) is 2.